The summed E-state index contributed by atoms with van der Waals surface area (Å²) in [5.74, 6) is 0.0232. The highest BCUT2D eigenvalue weighted by Gasteiger charge is 2.26. The van der Waals surface area contributed by atoms with E-state index in [2.05, 4.69) is 5.32 Å². The molecule has 0 radical (unpaired) electrons. The van der Waals surface area contributed by atoms with Gasteiger partial charge in [0.1, 0.15) is 5.75 Å². The van der Waals surface area contributed by atoms with Gasteiger partial charge < -0.3 is 14.8 Å². The summed E-state index contributed by atoms with van der Waals surface area (Å²) >= 11 is 0. The summed E-state index contributed by atoms with van der Waals surface area (Å²) in [6, 6.07) is 11.9. The van der Waals surface area contributed by atoms with Gasteiger partial charge in [-0.3, -0.25) is 4.79 Å². The number of benzene rings is 2. The maximum absolute atomic E-state index is 11.9. The van der Waals surface area contributed by atoms with Gasteiger partial charge in [0.15, 0.2) is 6.10 Å². The average molecular weight is 339 g/mol. The maximum Gasteiger partial charge on any atom is 0.331 e. The van der Waals surface area contributed by atoms with Crippen LogP contribution in [0.4, 0.5) is 0 Å². The van der Waals surface area contributed by atoms with Gasteiger partial charge in [-0.05, 0) is 60.4 Å². The first-order valence-electron chi connectivity index (χ1n) is 8.32. The predicted molar refractivity (Wildman–Crippen MR) is 96.3 cm³/mol. The van der Waals surface area contributed by atoms with Crippen LogP contribution in [0.3, 0.4) is 0 Å². The van der Waals surface area contributed by atoms with Crippen molar-refractivity contribution in [2.24, 2.45) is 0 Å². The minimum absolute atomic E-state index is 0.246. The molecule has 1 aliphatic carbocycles. The SMILES string of the molecule is COc1ccc2cc(/C=C/C(=O)O[C@@H](C)C(=O)NC3CC3)ccc2c1. The Hall–Kier alpha value is -2.82. The zero-order valence-electron chi connectivity index (χ0n) is 14.3. The molecule has 0 heterocycles. The summed E-state index contributed by atoms with van der Waals surface area (Å²) in [6.07, 6.45) is 4.23. The Kier molecular flexibility index (Phi) is 5.03. The molecule has 1 fully saturated rings. The fourth-order valence-corrected chi connectivity index (χ4v) is 2.45. The van der Waals surface area contributed by atoms with Crippen molar-refractivity contribution in [1.29, 1.82) is 0 Å². The molecule has 1 aliphatic rings. The van der Waals surface area contributed by atoms with E-state index in [0.717, 1.165) is 34.9 Å². The molecular weight excluding hydrogens is 318 g/mol. The van der Waals surface area contributed by atoms with Crippen LogP contribution < -0.4 is 10.1 Å². The molecule has 5 heteroatoms. The first-order chi connectivity index (χ1) is 12.0. The minimum atomic E-state index is -0.790. The van der Waals surface area contributed by atoms with Crippen molar-refractivity contribution >= 4 is 28.7 Å². The lowest BCUT2D eigenvalue weighted by Gasteiger charge is -2.11. The molecule has 0 aliphatic heterocycles. The fraction of sp³-hybridized carbons (Fsp3) is 0.300. The van der Waals surface area contributed by atoms with E-state index in [1.165, 1.54) is 6.08 Å². The Morgan fingerprint density at radius 3 is 2.60 bits per heavy atom. The molecule has 0 bridgehead atoms. The molecule has 0 aromatic heterocycles. The van der Waals surface area contributed by atoms with E-state index in [1.54, 1.807) is 20.1 Å². The zero-order valence-corrected chi connectivity index (χ0v) is 14.3. The van der Waals surface area contributed by atoms with Crippen molar-refractivity contribution in [3.63, 3.8) is 0 Å². The highest BCUT2D eigenvalue weighted by molar-refractivity contribution is 5.92. The van der Waals surface area contributed by atoms with Crippen molar-refractivity contribution in [2.45, 2.75) is 31.9 Å². The van der Waals surface area contributed by atoms with E-state index in [9.17, 15) is 9.59 Å². The normalized spacial score (nSPS) is 15.1. The molecular formula is C20H21NO4. The molecule has 130 valence electrons. The maximum atomic E-state index is 11.9. The molecule has 1 atom stereocenters. The first kappa shape index (κ1) is 17.0. The molecule has 1 amide bonds. The summed E-state index contributed by atoms with van der Waals surface area (Å²) in [5, 5.41) is 4.92. The monoisotopic (exact) mass is 339 g/mol. The Morgan fingerprint density at radius 1 is 1.16 bits per heavy atom. The van der Waals surface area contributed by atoms with Gasteiger partial charge in [-0.1, -0.05) is 18.2 Å². The fourth-order valence-electron chi connectivity index (χ4n) is 2.45. The van der Waals surface area contributed by atoms with Crippen LogP contribution in [0.25, 0.3) is 16.8 Å². The summed E-state index contributed by atoms with van der Waals surface area (Å²) in [5.41, 5.74) is 0.879. The third-order valence-electron chi connectivity index (χ3n) is 4.07. The van der Waals surface area contributed by atoms with Gasteiger partial charge >= 0.3 is 5.97 Å². The summed E-state index contributed by atoms with van der Waals surface area (Å²) in [7, 11) is 1.63. The summed E-state index contributed by atoms with van der Waals surface area (Å²) in [6.45, 7) is 1.58. The van der Waals surface area contributed by atoms with E-state index in [4.69, 9.17) is 9.47 Å². The number of rotatable bonds is 6. The van der Waals surface area contributed by atoms with Crippen molar-refractivity contribution in [3.05, 3.63) is 48.0 Å². The van der Waals surface area contributed by atoms with E-state index < -0.39 is 12.1 Å². The Labute approximate surface area is 146 Å². The second kappa shape index (κ2) is 7.38. The second-order valence-corrected chi connectivity index (χ2v) is 6.17. The molecule has 3 rings (SSSR count). The molecule has 2 aromatic carbocycles. The van der Waals surface area contributed by atoms with Crippen LogP contribution in [0.15, 0.2) is 42.5 Å². The van der Waals surface area contributed by atoms with Gasteiger partial charge in [-0.15, -0.1) is 0 Å². The number of ether oxygens (including phenoxy) is 2. The molecule has 0 saturated heterocycles. The number of nitrogens with one attached hydrogen (secondary N) is 1. The second-order valence-electron chi connectivity index (χ2n) is 6.17. The van der Waals surface area contributed by atoms with E-state index in [0.29, 0.717) is 0 Å². The van der Waals surface area contributed by atoms with Crippen molar-refractivity contribution in [3.8, 4) is 5.75 Å². The number of methoxy groups -OCH3 is 1. The lowest BCUT2D eigenvalue weighted by atomic mass is 10.1. The van der Waals surface area contributed by atoms with Crippen LogP contribution in [-0.4, -0.2) is 31.1 Å². The van der Waals surface area contributed by atoms with Crippen LogP contribution in [0.5, 0.6) is 5.75 Å². The molecule has 1 saturated carbocycles. The quantitative estimate of drug-likeness (QED) is 0.649. The van der Waals surface area contributed by atoms with Gasteiger partial charge in [0.05, 0.1) is 7.11 Å². The van der Waals surface area contributed by atoms with Crippen LogP contribution in [-0.2, 0) is 14.3 Å². The first-order valence-corrected chi connectivity index (χ1v) is 8.32. The van der Waals surface area contributed by atoms with Crippen LogP contribution >= 0.6 is 0 Å². The number of carbonyl (C=O) groups excluding carboxylic acids is 2. The van der Waals surface area contributed by atoms with Crippen LogP contribution in [0, 0.1) is 0 Å². The Balaban J connectivity index is 1.61. The van der Waals surface area contributed by atoms with Gasteiger partial charge in [0, 0.05) is 12.1 Å². The number of hydrogen-bond donors (Lipinski definition) is 1. The van der Waals surface area contributed by atoms with Gasteiger partial charge in [0.2, 0.25) is 0 Å². The molecule has 25 heavy (non-hydrogen) atoms. The predicted octanol–water partition coefficient (Wildman–Crippen LogP) is 3.07. The van der Waals surface area contributed by atoms with Crippen LogP contribution in [0.2, 0.25) is 0 Å². The van der Waals surface area contributed by atoms with Gasteiger partial charge in [0.25, 0.3) is 5.91 Å². The zero-order chi connectivity index (χ0) is 17.8. The van der Waals surface area contributed by atoms with Crippen molar-refractivity contribution < 1.29 is 19.1 Å². The van der Waals surface area contributed by atoms with Crippen LogP contribution in [0.1, 0.15) is 25.3 Å². The number of carbonyl (C=O) groups is 2. The number of fused-ring (bicyclic) bond motifs is 1. The van der Waals surface area contributed by atoms with Gasteiger partial charge in [-0.25, -0.2) is 4.79 Å². The van der Waals surface area contributed by atoms with E-state index in [1.807, 2.05) is 36.4 Å². The van der Waals surface area contributed by atoms with E-state index in [-0.39, 0.29) is 11.9 Å². The number of amides is 1. The summed E-state index contributed by atoms with van der Waals surface area (Å²) < 4.78 is 10.3. The highest BCUT2D eigenvalue weighted by atomic mass is 16.5. The van der Waals surface area contributed by atoms with Gasteiger partial charge in [-0.2, -0.15) is 0 Å². The number of hydrogen-bond acceptors (Lipinski definition) is 4. The molecule has 0 unspecified atom stereocenters. The Bertz CT molecular complexity index is 824. The third-order valence-corrected chi connectivity index (χ3v) is 4.07. The minimum Gasteiger partial charge on any atom is -0.497 e. The Morgan fingerprint density at radius 2 is 1.88 bits per heavy atom. The standard InChI is InChI=1S/C20H21NO4/c1-13(20(23)21-17-7-8-17)25-19(22)10-4-14-3-5-16-12-18(24-2)9-6-15(16)11-14/h3-6,9-13,17H,7-8H2,1-2H3,(H,21,23)/b10-4+/t13-/m0/s1. The molecule has 2 aromatic rings. The molecule has 1 N–H and O–H groups in total. The molecule has 0 spiro atoms. The third kappa shape index (κ3) is 4.59. The van der Waals surface area contributed by atoms with E-state index >= 15 is 0 Å². The average Bonchev–Trinajstić information content (AvgIpc) is 3.43. The lowest BCUT2D eigenvalue weighted by molar-refractivity contribution is -0.150. The van der Waals surface area contributed by atoms with Crippen molar-refractivity contribution in [1.82, 2.24) is 5.32 Å². The van der Waals surface area contributed by atoms with Crippen molar-refractivity contribution in [2.75, 3.05) is 7.11 Å². The molecule has 5 nitrogen and oxygen atoms in total. The topological polar surface area (TPSA) is 64.6 Å². The number of esters is 1. The summed E-state index contributed by atoms with van der Waals surface area (Å²) in [4.78, 5) is 23.7. The largest absolute Gasteiger partial charge is 0.497 e. The highest BCUT2D eigenvalue weighted by Crippen LogP contribution is 2.22. The smallest absolute Gasteiger partial charge is 0.331 e. The lowest BCUT2D eigenvalue weighted by Crippen LogP contribution is -2.36.